The summed E-state index contributed by atoms with van der Waals surface area (Å²) in [6.45, 7) is 7.97. The van der Waals surface area contributed by atoms with Crippen LogP contribution in [0.25, 0.3) is 0 Å². The first-order valence-electron chi connectivity index (χ1n) is 5.14. The van der Waals surface area contributed by atoms with Gasteiger partial charge in [0.2, 0.25) is 5.91 Å². The van der Waals surface area contributed by atoms with Crippen molar-refractivity contribution < 1.29 is 9.59 Å². The van der Waals surface area contributed by atoms with Crippen molar-refractivity contribution in [1.29, 1.82) is 0 Å². The zero-order valence-electron chi connectivity index (χ0n) is 9.46. The molecule has 1 saturated heterocycles. The number of rotatable bonds is 1. The summed E-state index contributed by atoms with van der Waals surface area (Å²) in [5, 5.41) is 0. The molecule has 0 spiro atoms. The summed E-state index contributed by atoms with van der Waals surface area (Å²) in [5.74, 6) is 0.114. The summed E-state index contributed by atoms with van der Waals surface area (Å²) >= 11 is 0. The molecule has 0 unspecified atom stereocenters. The first kappa shape index (κ1) is 11.2. The molecule has 0 N–H and O–H groups in total. The molecule has 3 nitrogen and oxygen atoms in total. The molecule has 80 valence electrons. The maximum Gasteiger partial charge on any atom is 0.220 e. The fourth-order valence-corrected chi connectivity index (χ4v) is 2.50. The standard InChI is InChI=1S/C11H19NO2/c1-8(13)10-11(3,4)6-5-7-12(10)9(2)14/h10H,5-7H2,1-4H3/t10-/m1/s1. The molecule has 0 radical (unpaired) electrons. The van der Waals surface area contributed by atoms with Crippen molar-refractivity contribution in [3.05, 3.63) is 0 Å². The lowest BCUT2D eigenvalue weighted by Crippen LogP contribution is -2.55. The van der Waals surface area contributed by atoms with Gasteiger partial charge in [0, 0.05) is 13.5 Å². The van der Waals surface area contributed by atoms with Crippen LogP contribution in [0.2, 0.25) is 0 Å². The van der Waals surface area contributed by atoms with E-state index in [1.54, 1.807) is 11.8 Å². The Morgan fingerprint density at radius 3 is 2.21 bits per heavy atom. The third kappa shape index (κ3) is 1.97. The van der Waals surface area contributed by atoms with Gasteiger partial charge in [0.05, 0.1) is 6.04 Å². The molecule has 1 atom stereocenters. The van der Waals surface area contributed by atoms with Gasteiger partial charge in [-0.25, -0.2) is 0 Å². The Bertz CT molecular complexity index is 258. The van der Waals surface area contributed by atoms with Gasteiger partial charge in [-0.3, -0.25) is 9.59 Å². The maximum atomic E-state index is 11.5. The minimum Gasteiger partial charge on any atom is -0.332 e. The largest absolute Gasteiger partial charge is 0.332 e. The van der Waals surface area contributed by atoms with Gasteiger partial charge >= 0.3 is 0 Å². The SMILES string of the molecule is CC(=O)[C@H]1N(C(C)=O)CCCC1(C)C. The van der Waals surface area contributed by atoms with Crippen LogP contribution >= 0.6 is 0 Å². The molecule has 1 rings (SSSR count). The number of likely N-dealkylation sites (tertiary alicyclic amines) is 1. The van der Waals surface area contributed by atoms with Crippen LogP contribution < -0.4 is 0 Å². The molecule has 0 aliphatic carbocycles. The predicted octanol–water partition coefficient (Wildman–Crippen LogP) is 1.61. The summed E-state index contributed by atoms with van der Waals surface area (Å²) in [6.07, 6.45) is 2.01. The highest BCUT2D eigenvalue weighted by atomic mass is 16.2. The molecule has 0 aromatic carbocycles. The first-order chi connectivity index (χ1) is 6.36. The summed E-state index contributed by atoms with van der Waals surface area (Å²) in [5.41, 5.74) is -0.0737. The van der Waals surface area contributed by atoms with Crippen molar-refractivity contribution in [3.63, 3.8) is 0 Å². The van der Waals surface area contributed by atoms with Gasteiger partial charge in [0.25, 0.3) is 0 Å². The number of carbonyl (C=O) groups is 2. The van der Waals surface area contributed by atoms with Crippen molar-refractivity contribution in [2.45, 2.75) is 46.6 Å². The van der Waals surface area contributed by atoms with Crippen molar-refractivity contribution in [3.8, 4) is 0 Å². The van der Waals surface area contributed by atoms with Crippen molar-refractivity contribution in [2.24, 2.45) is 5.41 Å². The van der Waals surface area contributed by atoms with Crippen LogP contribution in [0.1, 0.15) is 40.5 Å². The molecule has 0 aromatic rings. The minimum absolute atomic E-state index is 0.0120. The van der Waals surface area contributed by atoms with Crippen LogP contribution in [-0.4, -0.2) is 29.2 Å². The third-order valence-corrected chi connectivity index (χ3v) is 3.06. The van der Waals surface area contributed by atoms with Gasteiger partial charge in [-0.2, -0.15) is 0 Å². The first-order valence-corrected chi connectivity index (χ1v) is 5.14. The predicted molar refractivity (Wildman–Crippen MR) is 54.9 cm³/mol. The number of piperidine rings is 1. The van der Waals surface area contributed by atoms with Gasteiger partial charge in [0.1, 0.15) is 0 Å². The summed E-state index contributed by atoms with van der Waals surface area (Å²) in [4.78, 5) is 24.6. The van der Waals surface area contributed by atoms with E-state index in [0.717, 1.165) is 19.4 Å². The van der Waals surface area contributed by atoms with E-state index in [-0.39, 0.29) is 23.1 Å². The van der Waals surface area contributed by atoms with Gasteiger partial charge < -0.3 is 4.90 Å². The molecule has 1 aliphatic rings. The van der Waals surface area contributed by atoms with E-state index in [2.05, 4.69) is 13.8 Å². The summed E-state index contributed by atoms with van der Waals surface area (Å²) in [7, 11) is 0. The molecule has 1 fully saturated rings. The molecule has 1 aliphatic heterocycles. The molecule has 14 heavy (non-hydrogen) atoms. The number of hydrogen-bond acceptors (Lipinski definition) is 2. The Labute approximate surface area is 85.5 Å². The molecule has 1 heterocycles. The van der Waals surface area contributed by atoms with E-state index >= 15 is 0 Å². The Morgan fingerprint density at radius 1 is 1.29 bits per heavy atom. The van der Waals surface area contributed by atoms with Crippen LogP contribution in [0.3, 0.4) is 0 Å². The van der Waals surface area contributed by atoms with E-state index in [9.17, 15) is 9.59 Å². The van der Waals surface area contributed by atoms with Crippen LogP contribution in [0.15, 0.2) is 0 Å². The van der Waals surface area contributed by atoms with Crippen molar-refractivity contribution in [1.82, 2.24) is 4.90 Å². The molecule has 0 bridgehead atoms. The number of hydrogen-bond donors (Lipinski definition) is 0. The number of nitrogens with zero attached hydrogens (tertiary/aromatic N) is 1. The van der Waals surface area contributed by atoms with Crippen molar-refractivity contribution >= 4 is 11.7 Å². The minimum atomic E-state index is -0.228. The number of amides is 1. The van der Waals surface area contributed by atoms with Crippen LogP contribution in [0.5, 0.6) is 0 Å². The van der Waals surface area contributed by atoms with E-state index in [1.165, 1.54) is 6.92 Å². The lowest BCUT2D eigenvalue weighted by atomic mass is 9.75. The Morgan fingerprint density at radius 2 is 1.86 bits per heavy atom. The summed E-state index contributed by atoms with van der Waals surface area (Å²) in [6, 6.07) is -0.228. The van der Waals surface area contributed by atoms with Gasteiger partial charge in [-0.15, -0.1) is 0 Å². The molecule has 0 aromatic heterocycles. The lowest BCUT2D eigenvalue weighted by molar-refractivity contribution is -0.144. The highest BCUT2D eigenvalue weighted by molar-refractivity contribution is 5.87. The maximum absolute atomic E-state index is 11.5. The Balaban J connectivity index is 2.96. The van der Waals surface area contributed by atoms with Gasteiger partial charge in [0.15, 0.2) is 5.78 Å². The highest BCUT2D eigenvalue weighted by Crippen LogP contribution is 2.35. The van der Waals surface area contributed by atoms with Crippen molar-refractivity contribution in [2.75, 3.05) is 6.54 Å². The van der Waals surface area contributed by atoms with Gasteiger partial charge in [-0.1, -0.05) is 13.8 Å². The monoisotopic (exact) mass is 197 g/mol. The summed E-state index contributed by atoms with van der Waals surface area (Å²) < 4.78 is 0. The zero-order chi connectivity index (χ0) is 10.9. The average molecular weight is 197 g/mol. The Hall–Kier alpha value is -0.860. The second-order valence-electron chi connectivity index (χ2n) is 4.82. The fourth-order valence-electron chi connectivity index (χ4n) is 2.50. The topological polar surface area (TPSA) is 37.4 Å². The normalized spacial score (nSPS) is 26.0. The van der Waals surface area contributed by atoms with E-state index in [4.69, 9.17) is 0 Å². The molecular formula is C11H19NO2. The average Bonchev–Trinajstić information content (AvgIpc) is 2.00. The quantitative estimate of drug-likeness (QED) is 0.640. The van der Waals surface area contributed by atoms with Crippen LogP contribution in [0, 0.1) is 5.41 Å². The van der Waals surface area contributed by atoms with E-state index < -0.39 is 0 Å². The smallest absolute Gasteiger partial charge is 0.220 e. The lowest BCUT2D eigenvalue weighted by Gasteiger charge is -2.44. The molecule has 1 amide bonds. The second kappa shape index (κ2) is 3.71. The number of Topliss-reactive ketones (excluding diaryl/α,β-unsaturated/α-hetero) is 1. The Kier molecular flexibility index (Phi) is 2.98. The third-order valence-electron chi connectivity index (χ3n) is 3.06. The molecule has 0 saturated carbocycles. The highest BCUT2D eigenvalue weighted by Gasteiger charge is 2.41. The number of ketones is 1. The van der Waals surface area contributed by atoms with Gasteiger partial charge in [-0.05, 0) is 25.2 Å². The fraction of sp³-hybridized carbons (Fsp3) is 0.818. The molecular weight excluding hydrogens is 178 g/mol. The van der Waals surface area contributed by atoms with Crippen LogP contribution in [-0.2, 0) is 9.59 Å². The van der Waals surface area contributed by atoms with E-state index in [0.29, 0.717) is 0 Å². The number of carbonyl (C=O) groups excluding carboxylic acids is 2. The van der Waals surface area contributed by atoms with E-state index in [1.807, 2.05) is 0 Å². The molecule has 3 heteroatoms. The zero-order valence-corrected chi connectivity index (χ0v) is 9.46. The second-order valence-corrected chi connectivity index (χ2v) is 4.82. The van der Waals surface area contributed by atoms with Crippen LogP contribution in [0.4, 0.5) is 0 Å².